The van der Waals surface area contributed by atoms with Gasteiger partial charge in [-0.25, -0.2) is 4.39 Å². The fourth-order valence-corrected chi connectivity index (χ4v) is 3.33. The molecule has 0 aliphatic carbocycles. The first-order valence-electron chi connectivity index (χ1n) is 10.0. The largest absolute Gasteiger partial charge is 0.493 e. The highest BCUT2D eigenvalue weighted by Crippen LogP contribution is 2.23. The molecule has 3 rings (SSSR count). The normalized spacial score (nSPS) is 16.1. The minimum atomic E-state index is -0.282. The van der Waals surface area contributed by atoms with Crippen LogP contribution in [0.4, 0.5) is 4.39 Å². The zero-order valence-electron chi connectivity index (χ0n) is 16.4. The van der Waals surface area contributed by atoms with Gasteiger partial charge in [-0.3, -0.25) is 4.79 Å². The number of nitrogens with zero attached hydrogens (tertiary/aromatic N) is 1. The van der Waals surface area contributed by atoms with E-state index in [1.54, 1.807) is 23.1 Å². The highest BCUT2D eigenvalue weighted by Gasteiger charge is 2.25. The molecule has 1 amide bonds. The predicted octanol–water partition coefficient (Wildman–Crippen LogP) is 4.83. The Labute approximate surface area is 166 Å². The van der Waals surface area contributed by atoms with Crippen LogP contribution in [0, 0.1) is 5.82 Å². The molecule has 1 atom stereocenters. The molecular formula is C23H28FNO3. The molecule has 1 fully saturated rings. The quantitative estimate of drug-likeness (QED) is 0.581. The molecule has 0 aromatic heterocycles. The Hall–Kier alpha value is -2.40. The number of para-hydroxylation sites is 1. The zero-order chi connectivity index (χ0) is 19.8. The summed E-state index contributed by atoms with van der Waals surface area (Å²) >= 11 is 0. The van der Waals surface area contributed by atoms with E-state index < -0.39 is 0 Å². The molecule has 0 N–H and O–H groups in total. The Morgan fingerprint density at radius 2 is 2.00 bits per heavy atom. The average Bonchev–Trinajstić information content (AvgIpc) is 3.22. The summed E-state index contributed by atoms with van der Waals surface area (Å²) in [7, 11) is 0. The molecule has 150 valence electrons. The van der Waals surface area contributed by atoms with E-state index >= 15 is 0 Å². The topological polar surface area (TPSA) is 38.8 Å². The maximum absolute atomic E-state index is 13.4. The van der Waals surface area contributed by atoms with Crippen molar-refractivity contribution in [1.82, 2.24) is 4.90 Å². The minimum absolute atomic E-state index is 0.0394. The van der Waals surface area contributed by atoms with E-state index in [9.17, 15) is 9.18 Å². The third kappa shape index (κ3) is 5.55. The van der Waals surface area contributed by atoms with E-state index in [0.29, 0.717) is 31.0 Å². The van der Waals surface area contributed by atoms with Crippen molar-refractivity contribution >= 4 is 5.91 Å². The molecule has 1 aliphatic rings. The summed E-state index contributed by atoms with van der Waals surface area (Å²) in [5.74, 6) is 0.236. The van der Waals surface area contributed by atoms with Gasteiger partial charge < -0.3 is 14.4 Å². The molecule has 0 bridgehead atoms. The highest BCUT2D eigenvalue weighted by molar-refractivity contribution is 5.97. The Morgan fingerprint density at radius 3 is 2.71 bits per heavy atom. The summed E-state index contributed by atoms with van der Waals surface area (Å²) in [5, 5.41) is 0. The van der Waals surface area contributed by atoms with Gasteiger partial charge in [-0.2, -0.15) is 0 Å². The second-order valence-corrected chi connectivity index (χ2v) is 7.15. The molecule has 1 saturated heterocycles. The van der Waals surface area contributed by atoms with Crippen LogP contribution in [0.3, 0.4) is 0 Å². The van der Waals surface area contributed by atoms with Crippen molar-refractivity contribution in [2.24, 2.45) is 0 Å². The van der Waals surface area contributed by atoms with Crippen LogP contribution in [-0.4, -0.2) is 36.7 Å². The van der Waals surface area contributed by atoms with Gasteiger partial charge in [-0.1, -0.05) is 37.6 Å². The Bertz CT molecular complexity index is 757. The first kappa shape index (κ1) is 20.3. The molecule has 0 spiro atoms. The fraction of sp³-hybridized carbons (Fsp3) is 0.435. The van der Waals surface area contributed by atoms with Gasteiger partial charge in [0.15, 0.2) is 0 Å². The van der Waals surface area contributed by atoms with Crippen molar-refractivity contribution in [3.63, 3.8) is 0 Å². The first-order valence-corrected chi connectivity index (χ1v) is 10.0. The van der Waals surface area contributed by atoms with E-state index in [4.69, 9.17) is 9.47 Å². The summed E-state index contributed by atoms with van der Waals surface area (Å²) in [5.41, 5.74) is 1.44. The van der Waals surface area contributed by atoms with E-state index in [2.05, 4.69) is 6.92 Å². The summed E-state index contributed by atoms with van der Waals surface area (Å²) < 4.78 is 24.9. The van der Waals surface area contributed by atoms with Gasteiger partial charge in [0.05, 0.1) is 18.3 Å². The van der Waals surface area contributed by atoms with Gasteiger partial charge in [0.25, 0.3) is 5.91 Å². The van der Waals surface area contributed by atoms with Crippen LogP contribution in [0.1, 0.15) is 48.5 Å². The van der Waals surface area contributed by atoms with Gasteiger partial charge in [0.2, 0.25) is 0 Å². The second-order valence-electron chi connectivity index (χ2n) is 7.15. The lowest BCUT2D eigenvalue weighted by Crippen LogP contribution is -2.37. The maximum atomic E-state index is 13.4. The van der Waals surface area contributed by atoms with Gasteiger partial charge in [-0.05, 0) is 49.1 Å². The van der Waals surface area contributed by atoms with Crippen molar-refractivity contribution in [3.05, 3.63) is 65.5 Å². The molecule has 1 heterocycles. The maximum Gasteiger partial charge on any atom is 0.258 e. The smallest absolute Gasteiger partial charge is 0.258 e. The van der Waals surface area contributed by atoms with Gasteiger partial charge in [-0.15, -0.1) is 0 Å². The Balaban J connectivity index is 1.80. The van der Waals surface area contributed by atoms with E-state index in [1.165, 1.54) is 12.1 Å². The van der Waals surface area contributed by atoms with Crippen LogP contribution in [0.15, 0.2) is 48.5 Å². The summed E-state index contributed by atoms with van der Waals surface area (Å²) in [6.45, 7) is 4.35. The first-order chi connectivity index (χ1) is 13.7. The van der Waals surface area contributed by atoms with Crippen LogP contribution in [0.25, 0.3) is 0 Å². The molecule has 1 unspecified atom stereocenters. The fourth-order valence-electron chi connectivity index (χ4n) is 3.33. The van der Waals surface area contributed by atoms with Gasteiger partial charge in [0, 0.05) is 19.7 Å². The number of amides is 1. The number of carbonyl (C=O) groups excluding carboxylic acids is 1. The number of hydrogen-bond acceptors (Lipinski definition) is 3. The second kappa shape index (κ2) is 10.2. The van der Waals surface area contributed by atoms with Crippen LogP contribution in [-0.2, 0) is 11.3 Å². The molecule has 4 nitrogen and oxygen atoms in total. The van der Waals surface area contributed by atoms with Crippen molar-refractivity contribution in [2.45, 2.75) is 45.3 Å². The molecule has 0 saturated carbocycles. The van der Waals surface area contributed by atoms with Crippen molar-refractivity contribution in [3.8, 4) is 5.75 Å². The van der Waals surface area contributed by atoms with Crippen LogP contribution < -0.4 is 4.74 Å². The monoisotopic (exact) mass is 385 g/mol. The zero-order valence-corrected chi connectivity index (χ0v) is 16.4. The number of benzene rings is 2. The lowest BCUT2D eigenvalue weighted by atomic mass is 10.1. The van der Waals surface area contributed by atoms with Crippen molar-refractivity contribution < 1.29 is 18.7 Å². The molecule has 28 heavy (non-hydrogen) atoms. The van der Waals surface area contributed by atoms with Crippen LogP contribution >= 0.6 is 0 Å². The molecular weight excluding hydrogens is 357 g/mol. The molecule has 5 heteroatoms. The summed E-state index contributed by atoms with van der Waals surface area (Å²) in [6, 6.07) is 13.6. The molecule has 2 aromatic rings. The van der Waals surface area contributed by atoms with Crippen LogP contribution in [0.2, 0.25) is 0 Å². The van der Waals surface area contributed by atoms with E-state index in [-0.39, 0.29) is 17.8 Å². The number of halogens is 1. The number of hydrogen-bond donors (Lipinski definition) is 0. The van der Waals surface area contributed by atoms with Crippen molar-refractivity contribution in [2.75, 3.05) is 19.8 Å². The van der Waals surface area contributed by atoms with Crippen molar-refractivity contribution in [1.29, 1.82) is 0 Å². The number of ether oxygens (including phenoxy) is 2. The van der Waals surface area contributed by atoms with Gasteiger partial charge in [0.1, 0.15) is 11.6 Å². The molecule has 0 radical (unpaired) electrons. The Kier molecular flexibility index (Phi) is 7.43. The standard InChI is InChI=1S/C23H28FNO3/c1-2-3-14-28-22-9-5-4-8-21(22)23(26)25(17-20-7-6-15-27-20)16-18-10-12-19(24)13-11-18/h4-5,8-13,20H,2-3,6-7,14-17H2,1H3. The highest BCUT2D eigenvalue weighted by atomic mass is 19.1. The van der Waals surface area contributed by atoms with Crippen LogP contribution in [0.5, 0.6) is 5.75 Å². The third-order valence-corrected chi connectivity index (χ3v) is 4.89. The number of unbranched alkanes of at least 4 members (excludes halogenated alkanes) is 1. The summed E-state index contributed by atoms with van der Waals surface area (Å²) in [6.07, 6.45) is 3.98. The number of carbonyl (C=O) groups is 1. The summed E-state index contributed by atoms with van der Waals surface area (Å²) in [4.78, 5) is 15.2. The van der Waals surface area contributed by atoms with E-state index in [1.807, 2.05) is 18.2 Å². The molecule has 1 aliphatic heterocycles. The van der Waals surface area contributed by atoms with Gasteiger partial charge >= 0.3 is 0 Å². The lowest BCUT2D eigenvalue weighted by Gasteiger charge is -2.26. The minimum Gasteiger partial charge on any atom is -0.493 e. The predicted molar refractivity (Wildman–Crippen MR) is 107 cm³/mol. The SMILES string of the molecule is CCCCOc1ccccc1C(=O)N(Cc1ccc(F)cc1)CC1CCCO1. The average molecular weight is 385 g/mol. The lowest BCUT2D eigenvalue weighted by molar-refractivity contribution is 0.0504. The Morgan fingerprint density at radius 1 is 1.21 bits per heavy atom. The van der Waals surface area contributed by atoms with E-state index in [0.717, 1.165) is 37.9 Å². The molecule has 2 aromatic carbocycles. The number of rotatable bonds is 9. The third-order valence-electron chi connectivity index (χ3n) is 4.89.